The van der Waals surface area contributed by atoms with Gasteiger partial charge in [-0.05, 0) is 53.9 Å². The summed E-state index contributed by atoms with van der Waals surface area (Å²) in [5.74, 6) is 1.59. The predicted molar refractivity (Wildman–Crippen MR) is 122 cm³/mol. The zero-order chi connectivity index (χ0) is 24.2. The molecule has 9 nitrogen and oxygen atoms in total. The standard InChI is InChI=1S/C25H28N2O7/c1-31-17-4-6-18(7-5-17)34-15-20-19-13-22(33-3)21(32-2)12-16(19)10-11-26(20)25(30)14-27-23(28)8-9-24(27)29/h4-7,12-13,20H,8-11,14-15H2,1-3H3. The second kappa shape index (κ2) is 10.0. The smallest absolute Gasteiger partial charge is 0.243 e. The second-order valence-electron chi connectivity index (χ2n) is 8.12. The van der Waals surface area contributed by atoms with Gasteiger partial charge in [-0.15, -0.1) is 0 Å². The van der Waals surface area contributed by atoms with Gasteiger partial charge in [0.1, 0.15) is 24.7 Å². The van der Waals surface area contributed by atoms with Gasteiger partial charge in [-0.1, -0.05) is 0 Å². The lowest BCUT2D eigenvalue weighted by molar-refractivity contribution is -0.147. The van der Waals surface area contributed by atoms with Gasteiger partial charge in [0.2, 0.25) is 17.7 Å². The van der Waals surface area contributed by atoms with Gasteiger partial charge in [0.15, 0.2) is 11.5 Å². The van der Waals surface area contributed by atoms with Crippen LogP contribution in [0.3, 0.4) is 0 Å². The lowest BCUT2D eigenvalue weighted by Crippen LogP contribution is -2.48. The van der Waals surface area contributed by atoms with Crippen LogP contribution in [-0.4, -0.2) is 68.5 Å². The van der Waals surface area contributed by atoms with E-state index in [9.17, 15) is 14.4 Å². The number of imide groups is 1. The number of hydrogen-bond acceptors (Lipinski definition) is 7. The second-order valence-corrected chi connectivity index (χ2v) is 8.12. The fourth-order valence-electron chi connectivity index (χ4n) is 4.38. The molecule has 0 saturated carbocycles. The van der Waals surface area contributed by atoms with Gasteiger partial charge < -0.3 is 23.8 Å². The number of benzene rings is 2. The van der Waals surface area contributed by atoms with E-state index in [4.69, 9.17) is 18.9 Å². The van der Waals surface area contributed by atoms with Crippen molar-refractivity contribution in [2.75, 3.05) is 41.0 Å². The Morgan fingerprint density at radius 2 is 1.50 bits per heavy atom. The fourth-order valence-corrected chi connectivity index (χ4v) is 4.38. The van der Waals surface area contributed by atoms with Crippen molar-refractivity contribution in [1.29, 1.82) is 0 Å². The lowest BCUT2D eigenvalue weighted by atomic mass is 9.92. The Morgan fingerprint density at radius 3 is 2.12 bits per heavy atom. The zero-order valence-electron chi connectivity index (χ0n) is 19.5. The van der Waals surface area contributed by atoms with E-state index >= 15 is 0 Å². The highest BCUT2D eigenvalue weighted by Gasteiger charge is 2.36. The molecule has 1 saturated heterocycles. The van der Waals surface area contributed by atoms with Crippen molar-refractivity contribution in [2.24, 2.45) is 0 Å². The SMILES string of the molecule is COc1ccc(OCC2c3cc(OC)c(OC)cc3CCN2C(=O)CN2C(=O)CCC2=O)cc1. The minimum absolute atomic E-state index is 0.149. The summed E-state index contributed by atoms with van der Waals surface area (Å²) in [6, 6.07) is 10.5. The van der Waals surface area contributed by atoms with Crippen LogP contribution in [0.15, 0.2) is 36.4 Å². The van der Waals surface area contributed by atoms with E-state index < -0.39 is 6.04 Å². The molecule has 1 unspecified atom stereocenters. The van der Waals surface area contributed by atoms with Gasteiger partial charge in [0, 0.05) is 19.4 Å². The first-order valence-corrected chi connectivity index (χ1v) is 11.1. The van der Waals surface area contributed by atoms with Crippen molar-refractivity contribution in [3.63, 3.8) is 0 Å². The highest BCUT2D eigenvalue weighted by molar-refractivity contribution is 6.04. The number of carbonyl (C=O) groups excluding carboxylic acids is 3. The summed E-state index contributed by atoms with van der Waals surface area (Å²) in [5, 5.41) is 0. The van der Waals surface area contributed by atoms with Gasteiger partial charge in [0.05, 0.1) is 27.4 Å². The van der Waals surface area contributed by atoms with Crippen LogP contribution in [-0.2, 0) is 20.8 Å². The molecular weight excluding hydrogens is 440 g/mol. The van der Waals surface area contributed by atoms with Crippen LogP contribution in [0, 0.1) is 0 Å². The normalized spacial score (nSPS) is 17.4. The number of likely N-dealkylation sites (tertiary alicyclic amines) is 1. The molecule has 0 bridgehead atoms. The maximum absolute atomic E-state index is 13.3. The summed E-state index contributed by atoms with van der Waals surface area (Å²) in [6.45, 7) is 0.343. The molecule has 1 atom stereocenters. The molecule has 2 aliphatic heterocycles. The van der Waals surface area contributed by atoms with E-state index in [0.29, 0.717) is 36.0 Å². The van der Waals surface area contributed by atoms with E-state index in [1.165, 1.54) is 0 Å². The Labute approximate surface area is 198 Å². The van der Waals surface area contributed by atoms with Crippen molar-refractivity contribution in [3.8, 4) is 23.0 Å². The summed E-state index contributed by atoms with van der Waals surface area (Å²) in [5.41, 5.74) is 1.91. The average Bonchev–Trinajstić information content (AvgIpc) is 3.18. The van der Waals surface area contributed by atoms with Crippen molar-refractivity contribution in [2.45, 2.75) is 25.3 Å². The molecule has 34 heavy (non-hydrogen) atoms. The minimum atomic E-state index is -0.439. The lowest BCUT2D eigenvalue weighted by Gasteiger charge is -2.38. The summed E-state index contributed by atoms with van der Waals surface area (Å²) in [7, 11) is 4.73. The Hall–Kier alpha value is -3.75. The third kappa shape index (κ3) is 4.64. The van der Waals surface area contributed by atoms with Crippen LogP contribution in [0.5, 0.6) is 23.0 Å². The van der Waals surface area contributed by atoms with Crippen molar-refractivity contribution >= 4 is 17.7 Å². The van der Waals surface area contributed by atoms with Crippen LogP contribution in [0.2, 0.25) is 0 Å². The third-order valence-corrected chi connectivity index (χ3v) is 6.24. The molecule has 2 aliphatic rings. The highest BCUT2D eigenvalue weighted by Crippen LogP contribution is 2.38. The quantitative estimate of drug-likeness (QED) is 0.549. The van der Waals surface area contributed by atoms with Gasteiger partial charge in [-0.2, -0.15) is 0 Å². The first-order chi connectivity index (χ1) is 16.4. The molecule has 2 aromatic rings. The molecule has 2 heterocycles. The first-order valence-electron chi connectivity index (χ1n) is 11.1. The molecule has 3 amide bonds. The molecule has 0 spiro atoms. The monoisotopic (exact) mass is 468 g/mol. The third-order valence-electron chi connectivity index (χ3n) is 6.24. The predicted octanol–water partition coefficient (Wildman–Crippen LogP) is 2.37. The van der Waals surface area contributed by atoms with Gasteiger partial charge in [-0.3, -0.25) is 19.3 Å². The van der Waals surface area contributed by atoms with E-state index in [1.54, 1.807) is 50.5 Å². The number of ether oxygens (including phenoxy) is 4. The molecule has 4 rings (SSSR count). The fraction of sp³-hybridized carbons (Fsp3) is 0.400. The number of methoxy groups -OCH3 is 3. The Morgan fingerprint density at radius 1 is 0.882 bits per heavy atom. The highest BCUT2D eigenvalue weighted by atomic mass is 16.5. The molecule has 2 aromatic carbocycles. The Bertz CT molecular complexity index is 1070. The molecule has 180 valence electrons. The topological polar surface area (TPSA) is 94.6 Å². The van der Waals surface area contributed by atoms with E-state index in [0.717, 1.165) is 16.0 Å². The Kier molecular flexibility index (Phi) is 6.90. The summed E-state index contributed by atoms with van der Waals surface area (Å²) in [4.78, 5) is 40.2. The van der Waals surface area contributed by atoms with Crippen LogP contribution >= 0.6 is 0 Å². The van der Waals surface area contributed by atoms with Crippen molar-refractivity contribution in [1.82, 2.24) is 9.80 Å². The van der Waals surface area contributed by atoms with Crippen molar-refractivity contribution < 1.29 is 33.3 Å². The van der Waals surface area contributed by atoms with E-state index in [-0.39, 0.29) is 43.7 Å². The molecule has 1 fully saturated rings. The number of fused-ring (bicyclic) bond motifs is 1. The van der Waals surface area contributed by atoms with Crippen LogP contribution in [0.25, 0.3) is 0 Å². The zero-order valence-corrected chi connectivity index (χ0v) is 19.5. The average molecular weight is 469 g/mol. The van der Waals surface area contributed by atoms with Crippen molar-refractivity contribution in [3.05, 3.63) is 47.5 Å². The maximum Gasteiger partial charge on any atom is 0.243 e. The summed E-state index contributed by atoms with van der Waals surface area (Å²) < 4.78 is 22.2. The molecule has 9 heteroatoms. The summed E-state index contributed by atoms with van der Waals surface area (Å²) >= 11 is 0. The summed E-state index contributed by atoms with van der Waals surface area (Å²) in [6.07, 6.45) is 0.897. The number of carbonyl (C=O) groups is 3. The maximum atomic E-state index is 13.3. The molecule has 0 radical (unpaired) electrons. The first kappa shape index (κ1) is 23.4. The molecular formula is C25H28N2O7. The van der Waals surface area contributed by atoms with Crippen LogP contribution in [0.1, 0.15) is 30.0 Å². The number of rotatable bonds is 8. The Balaban J connectivity index is 1.62. The van der Waals surface area contributed by atoms with Gasteiger partial charge in [-0.25, -0.2) is 0 Å². The molecule has 0 aromatic heterocycles. The largest absolute Gasteiger partial charge is 0.497 e. The van der Waals surface area contributed by atoms with Gasteiger partial charge in [0.25, 0.3) is 0 Å². The number of nitrogens with zero attached hydrogens (tertiary/aromatic N) is 2. The number of hydrogen-bond donors (Lipinski definition) is 0. The van der Waals surface area contributed by atoms with Crippen LogP contribution in [0.4, 0.5) is 0 Å². The van der Waals surface area contributed by atoms with E-state index in [1.807, 2.05) is 12.1 Å². The van der Waals surface area contributed by atoms with E-state index in [2.05, 4.69) is 0 Å². The minimum Gasteiger partial charge on any atom is -0.497 e. The molecule has 0 N–H and O–H groups in total. The van der Waals surface area contributed by atoms with Crippen LogP contribution < -0.4 is 18.9 Å². The van der Waals surface area contributed by atoms with Gasteiger partial charge >= 0.3 is 0 Å². The number of amides is 3. The molecule has 0 aliphatic carbocycles.